The van der Waals surface area contributed by atoms with Gasteiger partial charge in [-0.2, -0.15) is 0 Å². The smallest absolute Gasteiger partial charge is 0.264 e. The number of nitrogens with zero attached hydrogens (tertiary/aromatic N) is 1. The van der Waals surface area contributed by atoms with Crippen LogP contribution in [0.1, 0.15) is 6.92 Å². The van der Waals surface area contributed by atoms with E-state index in [0.717, 1.165) is 4.31 Å². The fraction of sp³-hybridized carbons (Fsp3) is 0.143. The lowest BCUT2D eigenvalue weighted by molar-refractivity contribution is 0.591. The second kappa shape index (κ2) is 6.03. The summed E-state index contributed by atoms with van der Waals surface area (Å²) in [6.07, 6.45) is 0. The number of hydrogen-bond donors (Lipinski definition) is 1. The van der Waals surface area contributed by atoms with Crippen LogP contribution in [0.3, 0.4) is 0 Å². The van der Waals surface area contributed by atoms with E-state index in [1.165, 1.54) is 30.3 Å². The highest BCUT2D eigenvalue weighted by Gasteiger charge is 2.24. The Hall–Kier alpha value is -1.60. The number of halogens is 2. The van der Waals surface area contributed by atoms with E-state index in [-0.39, 0.29) is 17.1 Å². The predicted molar refractivity (Wildman–Crippen MR) is 85.2 cm³/mol. The van der Waals surface area contributed by atoms with Gasteiger partial charge in [-0.3, -0.25) is 4.31 Å². The molecule has 0 aliphatic rings. The highest BCUT2D eigenvalue weighted by molar-refractivity contribution is 9.10. The maximum atomic E-state index is 13.3. The second-order valence-corrected chi connectivity index (χ2v) is 7.05. The molecule has 0 heterocycles. The van der Waals surface area contributed by atoms with Gasteiger partial charge in [-0.05, 0) is 59.3 Å². The SMILES string of the molecule is CCN(c1cccc(F)c1)S(=O)(=O)c1ccc(Br)c(N)c1. The lowest BCUT2D eigenvalue weighted by Crippen LogP contribution is -2.30. The van der Waals surface area contributed by atoms with Gasteiger partial charge in [0.2, 0.25) is 0 Å². The lowest BCUT2D eigenvalue weighted by Gasteiger charge is -2.23. The first-order chi connectivity index (χ1) is 9.86. The van der Waals surface area contributed by atoms with Crippen molar-refractivity contribution in [1.29, 1.82) is 0 Å². The van der Waals surface area contributed by atoms with E-state index in [0.29, 0.717) is 10.2 Å². The van der Waals surface area contributed by atoms with Gasteiger partial charge in [-0.1, -0.05) is 6.07 Å². The third-order valence-corrected chi connectivity index (χ3v) is 5.56. The second-order valence-electron chi connectivity index (χ2n) is 4.33. The number of nitrogens with two attached hydrogens (primary N) is 1. The number of benzene rings is 2. The molecule has 2 aromatic rings. The number of sulfonamides is 1. The minimum atomic E-state index is -3.79. The van der Waals surface area contributed by atoms with Crippen LogP contribution >= 0.6 is 15.9 Å². The van der Waals surface area contributed by atoms with Crippen molar-refractivity contribution in [2.24, 2.45) is 0 Å². The molecule has 0 aliphatic carbocycles. The maximum Gasteiger partial charge on any atom is 0.264 e. The number of hydrogen-bond acceptors (Lipinski definition) is 3. The molecule has 0 unspecified atom stereocenters. The van der Waals surface area contributed by atoms with Crippen LogP contribution in [-0.2, 0) is 10.0 Å². The van der Waals surface area contributed by atoms with Crippen molar-refractivity contribution in [2.45, 2.75) is 11.8 Å². The van der Waals surface area contributed by atoms with E-state index in [1.807, 2.05) is 0 Å². The molecule has 0 saturated heterocycles. The highest BCUT2D eigenvalue weighted by atomic mass is 79.9. The fourth-order valence-electron chi connectivity index (χ4n) is 1.93. The van der Waals surface area contributed by atoms with Crippen molar-refractivity contribution in [2.75, 3.05) is 16.6 Å². The molecule has 0 atom stereocenters. The monoisotopic (exact) mass is 372 g/mol. The molecule has 7 heteroatoms. The molecule has 0 aliphatic heterocycles. The number of nitrogen functional groups attached to an aromatic ring is 1. The molecule has 0 amide bonds. The van der Waals surface area contributed by atoms with Gasteiger partial charge >= 0.3 is 0 Å². The Balaban J connectivity index is 2.51. The molecule has 0 spiro atoms. The average Bonchev–Trinajstić information content (AvgIpc) is 2.42. The molecule has 2 aromatic carbocycles. The van der Waals surface area contributed by atoms with E-state index in [9.17, 15) is 12.8 Å². The first-order valence-corrected chi connectivity index (χ1v) is 8.43. The molecule has 0 aromatic heterocycles. The molecule has 0 radical (unpaired) electrons. The van der Waals surface area contributed by atoms with E-state index < -0.39 is 15.8 Å². The average molecular weight is 373 g/mol. The van der Waals surface area contributed by atoms with Gasteiger partial charge in [0.25, 0.3) is 10.0 Å². The Morgan fingerprint density at radius 2 is 1.95 bits per heavy atom. The Labute approximate surface area is 131 Å². The van der Waals surface area contributed by atoms with Crippen LogP contribution < -0.4 is 10.0 Å². The first kappa shape index (κ1) is 15.8. The van der Waals surface area contributed by atoms with E-state index in [4.69, 9.17) is 5.73 Å². The van der Waals surface area contributed by atoms with Crippen molar-refractivity contribution in [3.63, 3.8) is 0 Å². The molecule has 2 rings (SSSR count). The highest BCUT2D eigenvalue weighted by Crippen LogP contribution is 2.28. The van der Waals surface area contributed by atoms with Crippen molar-refractivity contribution in [3.8, 4) is 0 Å². The van der Waals surface area contributed by atoms with Crippen LogP contribution in [-0.4, -0.2) is 15.0 Å². The van der Waals surface area contributed by atoms with E-state index in [2.05, 4.69) is 15.9 Å². The lowest BCUT2D eigenvalue weighted by atomic mass is 10.3. The molecule has 0 saturated carbocycles. The van der Waals surface area contributed by atoms with Crippen LogP contribution in [0.4, 0.5) is 15.8 Å². The minimum absolute atomic E-state index is 0.0642. The van der Waals surface area contributed by atoms with Gasteiger partial charge in [0.15, 0.2) is 0 Å². The molecular formula is C14H14BrFN2O2S. The zero-order valence-corrected chi connectivity index (χ0v) is 13.7. The molecule has 4 nitrogen and oxygen atoms in total. The molecule has 21 heavy (non-hydrogen) atoms. The van der Waals surface area contributed by atoms with Gasteiger partial charge in [0.05, 0.1) is 10.6 Å². The van der Waals surface area contributed by atoms with Gasteiger partial charge < -0.3 is 5.73 Å². The molecular weight excluding hydrogens is 359 g/mol. The van der Waals surface area contributed by atoms with Crippen LogP contribution in [0.15, 0.2) is 51.8 Å². The Morgan fingerprint density at radius 3 is 2.52 bits per heavy atom. The number of rotatable bonds is 4. The Morgan fingerprint density at radius 1 is 1.24 bits per heavy atom. The van der Waals surface area contributed by atoms with Crippen molar-refractivity contribution >= 4 is 37.3 Å². The zero-order chi connectivity index (χ0) is 15.6. The summed E-state index contributed by atoms with van der Waals surface area (Å²) >= 11 is 3.22. The fourth-order valence-corrected chi connectivity index (χ4v) is 3.68. The summed E-state index contributed by atoms with van der Waals surface area (Å²) in [4.78, 5) is 0.0642. The largest absolute Gasteiger partial charge is 0.398 e. The van der Waals surface area contributed by atoms with Gasteiger partial charge in [0, 0.05) is 16.7 Å². The van der Waals surface area contributed by atoms with Crippen molar-refractivity contribution < 1.29 is 12.8 Å². The summed E-state index contributed by atoms with van der Waals surface area (Å²) in [6.45, 7) is 1.87. The summed E-state index contributed by atoms with van der Waals surface area (Å²) in [7, 11) is -3.79. The summed E-state index contributed by atoms with van der Waals surface area (Å²) in [5, 5.41) is 0. The summed E-state index contributed by atoms with van der Waals surface area (Å²) in [6, 6.07) is 9.87. The Kier molecular flexibility index (Phi) is 4.53. The standard InChI is InChI=1S/C14H14BrFN2O2S/c1-2-18(11-5-3-4-10(16)8-11)21(19,20)12-6-7-13(15)14(17)9-12/h3-9H,2,17H2,1H3. The molecule has 0 fully saturated rings. The summed E-state index contributed by atoms with van der Waals surface area (Å²) in [5.74, 6) is -0.489. The minimum Gasteiger partial charge on any atom is -0.398 e. The molecule has 2 N–H and O–H groups in total. The van der Waals surface area contributed by atoms with Crippen LogP contribution in [0.25, 0.3) is 0 Å². The normalized spacial score (nSPS) is 11.4. The van der Waals surface area contributed by atoms with Gasteiger partial charge in [-0.25, -0.2) is 12.8 Å². The van der Waals surface area contributed by atoms with E-state index >= 15 is 0 Å². The number of anilines is 2. The Bertz CT molecular complexity index is 765. The van der Waals surface area contributed by atoms with Gasteiger partial charge in [0.1, 0.15) is 5.82 Å². The van der Waals surface area contributed by atoms with Crippen LogP contribution in [0.2, 0.25) is 0 Å². The molecule has 112 valence electrons. The van der Waals surface area contributed by atoms with Crippen LogP contribution in [0.5, 0.6) is 0 Å². The molecule has 0 bridgehead atoms. The van der Waals surface area contributed by atoms with E-state index in [1.54, 1.807) is 19.1 Å². The topological polar surface area (TPSA) is 63.4 Å². The van der Waals surface area contributed by atoms with Crippen LogP contribution in [0, 0.1) is 5.82 Å². The van der Waals surface area contributed by atoms with Crippen molar-refractivity contribution in [1.82, 2.24) is 0 Å². The zero-order valence-electron chi connectivity index (χ0n) is 11.3. The summed E-state index contributed by atoms with van der Waals surface area (Å²) < 4.78 is 40.4. The quantitative estimate of drug-likeness (QED) is 0.836. The third-order valence-electron chi connectivity index (χ3n) is 2.94. The summed E-state index contributed by atoms with van der Waals surface area (Å²) in [5.41, 5.74) is 6.33. The van der Waals surface area contributed by atoms with Gasteiger partial charge in [-0.15, -0.1) is 0 Å². The maximum absolute atomic E-state index is 13.3. The predicted octanol–water partition coefficient (Wildman–Crippen LogP) is 3.39. The van der Waals surface area contributed by atoms with Crippen molar-refractivity contribution in [3.05, 3.63) is 52.8 Å². The first-order valence-electron chi connectivity index (χ1n) is 6.19. The third kappa shape index (κ3) is 3.19.